The van der Waals surface area contributed by atoms with Crippen molar-refractivity contribution in [3.8, 4) is 0 Å². The molecule has 1 aromatic heterocycles. The lowest BCUT2D eigenvalue weighted by atomic mass is 10.5. The summed E-state index contributed by atoms with van der Waals surface area (Å²) in [6.07, 6.45) is 0. The van der Waals surface area contributed by atoms with Gasteiger partial charge in [0.15, 0.2) is 5.96 Å². The van der Waals surface area contributed by atoms with Gasteiger partial charge in [0.2, 0.25) is 0 Å². The number of hydrogen-bond acceptors (Lipinski definition) is 2. The highest BCUT2D eigenvalue weighted by atomic mass is 79.9. The van der Waals surface area contributed by atoms with Gasteiger partial charge in [0.1, 0.15) is 0 Å². The van der Waals surface area contributed by atoms with Crippen LogP contribution in [-0.4, -0.2) is 23.9 Å². The predicted molar refractivity (Wildman–Crippen MR) is 70.3 cm³/mol. The van der Waals surface area contributed by atoms with Crippen LogP contribution in [-0.2, 0) is 6.54 Å². The van der Waals surface area contributed by atoms with Crippen LogP contribution in [0.4, 0.5) is 0 Å². The van der Waals surface area contributed by atoms with Gasteiger partial charge >= 0.3 is 0 Å². The Morgan fingerprint density at radius 1 is 1.47 bits per heavy atom. The number of aliphatic imine (C=N–C) groups is 1. The first-order chi connectivity index (χ1) is 7.17. The molecule has 0 saturated heterocycles. The van der Waals surface area contributed by atoms with E-state index in [1.165, 1.54) is 4.88 Å². The van der Waals surface area contributed by atoms with E-state index in [2.05, 4.69) is 40.8 Å². The molecule has 0 radical (unpaired) electrons. The molecule has 1 aromatic rings. The lowest BCUT2D eigenvalue weighted by Crippen LogP contribution is -2.36. The van der Waals surface area contributed by atoms with E-state index >= 15 is 0 Å². The summed E-state index contributed by atoms with van der Waals surface area (Å²) in [5, 5.41) is 0. The molecule has 0 saturated carbocycles. The van der Waals surface area contributed by atoms with Gasteiger partial charge in [0.25, 0.3) is 0 Å². The molecule has 1 heterocycles. The van der Waals surface area contributed by atoms with Crippen LogP contribution in [0.2, 0.25) is 0 Å². The van der Waals surface area contributed by atoms with Gasteiger partial charge in [0.05, 0.1) is 10.3 Å². The van der Waals surface area contributed by atoms with Crippen molar-refractivity contribution >= 4 is 33.2 Å². The van der Waals surface area contributed by atoms with Crippen LogP contribution in [0.3, 0.4) is 0 Å². The Labute approximate surface area is 103 Å². The standard InChI is InChI=1S/C10H16BrN3S/c1-3-14(4-2)10(12)13-7-8-5-6-9(11)15-8/h5-6H,3-4,7H2,1-2H3,(H2,12,13). The maximum absolute atomic E-state index is 5.86. The van der Waals surface area contributed by atoms with Crippen LogP contribution >= 0.6 is 27.3 Å². The Bertz CT molecular complexity index is 331. The van der Waals surface area contributed by atoms with Gasteiger partial charge in [-0.25, -0.2) is 4.99 Å². The van der Waals surface area contributed by atoms with Crippen molar-refractivity contribution in [1.82, 2.24) is 4.90 Å². The number of hydrogen-bond donors (Lipinski definition) is 1. The number of guanidine groups is 1. The largest absolute Gasteiger partial charge is 0.370 e. The van der Waals surface area contributed by atoms with Crippen molar-refractivity contribution in [1.29, 1.82) is 0 Å². The molecule has 1 rings (SSSR count). The quantitative estimate of drug-likeness (QED) is 0.684. The average Bonchev–Trinajstić information content (AvgIpc) is 2.63. The second kappa shape index (κ2) is 6.12. The minimum absolute atomic E-state index is 0.629. The summed E-state index contributed by atoms with van der Waals surface area (Å²) in [6, 6.07) is 4.09. The van der Waals surface area contributed by atoms with Crippen molar-refractivity contribution in [3.63, 3.8) is 0 Å². The summed E-state index contributed by atoms with van der Waals surface area (Å²) in [5.74, 6) is 0.629. The van der Waals surface area contributed by atoms with Crippen molar-refractivity contribution in [2.24, 2.45) is 10.7 Å². The zero-order chi connectivity index (χ0) is 11.3. The van der Waals surface area contributed by atoms with Crippen LogP contribution in [0, 0.1) is 0 Å². The summed E-state index contributed by atoms with van der Waals surface area (Å²) < 4.78 is 1.13. The molecule has 5 heteroatoms. The van der Waals surface area contributed by atoms with E-state index in [-0.39, 0.29) is 0 Å². The van der Waals surface area contributed by atoms with Gasteiger partial charge in [-0.15, -0.1) is 11.3 Å². The second-order valence-corrected chi connectivity index (χ2v) is 5.60. The first kappa shape index (κ1) is 12.5. The van der Waals surface area contributed by atoms with Gasteiger partial charge in [-0.05, 0) is 41.9 Å². The van der Waals surface area contributed by atoms with E-state index in [1.54, 1.807) is 11.3 Å². The van der Waals surface area contributed by atoms with Gasteiger partial charge in [-0.1, -0.05) is 0 Å². The highest BCUT2D eigenvalue weighted by Crippen LogP contribution is 2.22. The van der Waals surface area contributed by atoms with E-state index in [0.29, 0.717) is 12.5 Å². The Kier molecular flexibility index (Phi) is 5.11. The van der Waals surface area contributed by atoms with Crippen molar-refractivity contribution in [3.05, 3.63) is 20.8 Å². The summed E-state index contributed by atoms with van der Waals surface area (Å²) in [7, 11) is 0. The van der Waals surface area contributed by atoms with E-state index in [4.69, 9.17) is 5.73 Å². The molecule has 0 aliphatic carbocycles. The monoisotopic (exact) mass is 289 g/mol. The van der Waals surface area contributed by atoms with Crippen LogP contribution < -0.4 is 5.73 Å². The molecule has 0 aliphatic rings. The molecule has 0 unspecified atom stereocenters. The predicted octanol–water partition coefficient (Wildman–Crippen LogP) is 2.67. The molecule has 0 amide bonds. The summed E-state index contributed by atoms with van der Waals surface area (Å²) in [4.78, 5) is 7.62. The molecule has 0 aliphatic heterocycles. The smallest absolute Gasteiger partial charge is 0.191 e. The van der Waals surface area contributed by atoms with Gasteiger partial charge in [-0.3, -0.25) is 0 Å². The fourth-order valence-electron chi connectivity index (χ4n) is 1.24. The molecule has 0 spiro atoms. The van der Waals surface area contributed by atoms with Gasteiger partial charge in [0, 0.05) is 18.0 Å². The minimum Gasteiger partial charge on any atom is -0.370 e. The third-order valence-electron chi connectivity index (χ3n) is 2.11. The second-order valence-electron chi connectivity index (χ2n) is 3.05. The Morgan fingerprint density at radius 3 is 2.60 bits per heavy atom. The lowest BCUT2D eigenvalue weighted by molar-refractivity contribution is 0.458. The fourth-order valence-corrected chi connectivity index (χ4v) is 2.65. The van der Waals surface area contributed by atoms with Gasteiger partial charge < -0.3 is 10.6 Å². The maximum Gasteiger partial charge on any atom is 0.191 e. The zero-order valence-electron chi connectivity index (χ0n) is 9.03. The highest BCUT2D eigenvalue weighted by Gasteiger charge is 2.02. The average molecular weight is 290 g/mol. The van der Waals surface area contributed by atoms with Crippen LogP contribution in [0.25, 0.3) is 0 Å². The Morgan fingerprint density at radius 2 is 2.13 bits per heavy atom. The Hall–Kier alpha value is -0.550. The number of nitrogens with zero attached hydrogens (tertiary/aromatic N) is 2. The lowest BCUT2D eigenvalue weighted by Gasteiger charge is -2.19. The normalized spacial score (nSPS) is 11.8. The molecule has 3 nitrogen and oxygen atoms in total. The molecular weight excluding hydrogens is 274 g/mol. The summed E-state index contributed by atoms with van der Waals surface area (Å²) >= 11 is 5.12. The fraction of sp³-hybridized carbons (Fsp3) is 0.500. The molecule has 0 bridgehead atoms. The summed E-state index contributed by atoms with van der Waals surface area (Å²) in [6.45, 7) is 6.62. The molecule has 84 valence electrons. The van der Waals surface area contributed by atoms with Crippen LogP contribution in [0.15, 0.2) is 20.9 Å². The third-order valence-corrected chi connectivity index (χ3v) is 3.72. The first-order valence-corrected chi connectivity index (χ1v) is 6.57. The first-order valence-electron chi connectivity index (χ1n) is 4.96. The Balaban J connectivity index is 2.56. The molecular formula is C10H16BrN3S. The van der Waals surface area contributed by atoms with E-state index in [0.717, 1.165) is 16.9 Å². The molecule has 0 fully saturated rings. The van der Waals surface area contributed by atoms with E-state index in [9.17, 15) is 0 Å². The SMILES string of the molecule is CCN(CC)C(N)=NCc1ccc(Br)s1. The highest BCUT2D eigenvalue weighted by molar-refractivity contribution is 9.11. The summed E-state index contributed by atoms with van der Waals surface area (Å²) in [5.41, 5.74) is 5.86. The molecule has 0 aromatic carbocycles. The number of thiophene rings is 1. The zero-order valence-corrected chi connectivity index (χ0v) is 11.4. The van der Waals surface area contributed by atoms with Crippen molar-refractivity contribution < 1.29 is 0 Å². The van der Waals surface area contributed by atoms with Crippen LogP contribution in [0.1, 0.15) is 18.7 Å². The molecule has 2 N–H and O–H groups in total. The van der Waals surface area contributed by atoms with Crippen LogP contribution in [0.5, 0.6) is 0 Å². The van der Waals surface area contributed by atoms with E-state index in [1.807, 2.05) is 11.0 Å². The van der Waals surface area contributed by atoms with Gasteiger partial charge in [-0.2, -0.15) is 0 Å². The van der Waals surface area contributed by atoms with Crippen molar-refractivity contribution in [2.75, 3.05) is 13.1 Å². The number of halogens is 1. The topological polar surface area (TPSA) is 41.6 Å². The van der Waals surface area contributed by atoms with E-state index < -0.39 is 0 Å². The third kappa shape index (κ3) is 3.83. The maximum atomic E-state index is 5.86. The molecule has 15 heavy (non-hydrogen) atoms. The molecule has 0 atom stereocenters. The number of rotatable bonds is 4. The minimum atomic E-state index is 0.629. The number of nitrogens with two attached hydrogens (primary N) is 1. The van der Waals surface area contributed by atoms with Crippen molar-refractivity contribution in [2.45, 2.75) is 20.4 Å².